The van der Waals surface area contributed by atoms with Crippen molar-refractivity contribution in [3.8, 4) is 10.6 Å². The first-order chi connectivity index (χ1) is 12.6. The van der Waals surface area contributed by atoms with Crippen LogP contribution in [-0.2, 0) is 16.1 Å². The Kier molecular flexibility index (Phi) is 6.68. The monoisotopic (exact) mass is 389 g/mol. The van der Waals surface area contributed by atoms with Crippen molar-refractivity contribution in [2.45, 2.75) is 33.7 Å². The fourth-order valence-corrected chi connectivity index (χ4v) is 3.10. The highest BCUT2D eigenvalue weighted by Crippen LogP contribution is 2.24. The van der Waals surface area contributed by atoms with E-state index in [1.807, 2.05) is 45.0 Å². The molecule has 0 atom stereocenters. The molecule has 0 saturated heterocycles. The van der Waals surface area contributed by atoms with Gasteiger partial charge in [-0.05, 0) is 17.0 Å². The van der Waals surface area contributed by atoms with Crippen LogP contribution >= 0.6 is 11.3 Å². The lowest BCUT2D eigenvalue weighted by Crippen LogP contribution is -2.37. The van der Waals surface area contributed by atoms with Gasteiger partial charge in [0.25, 0.3) is 0 Å². The Bertz CT molecular complexity index is 839. The van der Waals surface area contributed by atoms with E-state index in [1.165, 1.54) is 16.7 Å². The van der Waals surface area contributed by atoms with Crippen molar-refractivity contribution in [1.82, 2.24) is 15.6 Å². The molecule has 2 rings (SSSR count). The first-order valence-electron chi connectivity index (χ1n) is 8.45. The van der Waals surface area contributed by atoms with Crippen LogP contribution in [0.3, 0.4) is 0 Å². The van der Waals surface area contributed by atoms with Crippen molar-refractivity contribution < 1.29 is 19.5 Å². The number of hydrogen-bond donors (Lipinski definition) is 3. The molecule has 0 bridgehead atoms. The van der Waals surface area contributed by atoms with Crippen LogP contribution in [-0.4, -0.2) is 34.4 Å². The minimum absolute atomic E-state index is 0.0136. The van der Waals surface area contributed by atoms with Gasteiger partial charge in [0.05, 0.1) is 6.54 Å². The molecule has 1 aromatic heterocycles. The van der Waals surface area contributed by atoms with Crippen molar-refractivity contribution in [3.63, 3.8) is 0 Å². The van der Waals surface area contributed by atoms with Crippen molar-refractivity contribution in [1.29, 1.82) is 0 Å². The molecule has 0 fully saturated rings. The molecule has 0 spiro atoms. The van der Waals surface area contributed by atoms with Gasteiger partial charge in [-0.15, -0.1) is 11.3 Å². The quantitative estimate of drug-likeness (QED) is 0.675. The Morgan fingerprint density at radius 1 is 1.15 bits per heavy atom. The van der Waals surface area contributed by atoms with E-state index in [0.29, 0.717) is 18.0 Å². The van der Waals surface area contributed by atoms with Crippen molar-refractivity contribution >= 4 is 29.1 Å². The van der Waals surface area contributed by atoms with E-state index in [9.17, 15) is 14.4 Å². The zero-order chi connectivity index (χ0) is 20.0. The van der Waals surface area contributed by atoms with Crippen molar-refractivity contribution in [3.05, 3.63) is 40.9 Å². The summed E-state index contributed by atoms with van der Waals surface area (Å²) in [5.41, 5.74) is 1.53. The lowest BCUT2D eigenvalue weighted by molar-refractivity contribution is -0.127. The van der Waals surface area contributed by atoms with Gasteiger partial charge in [0.2, 0.25) is 11.8 Å². The molecular formula is C19H23N3O4S. The molecule has 8 heteroatoms. The number of nitrogens with zero attached hydrogens (tertiary/aromatic N) is 1. The lowest BCUT2D eigenvalue weighted by Gasteiger charge is -2.17. The number of rotatable bonds is 7. The molecule has 3 N–H and O–H groups in total. The number of hydrogen-bond acceptors (Lipinski definition) is 5. The lowest BCUT2D eigenvalue weighted by atomic mass is 9.92. The molecule has 0 radical (unpaired) electrons. The van der Waals surface area contributed by atoms with Crippen LogP contribution in [0.5, 0.6) is 0 Å². The van der Waals surface area contributed by atoms with Gasteiger partial charge < -0.3 is 15.7 Å². The first-order valence-corrected chi connectivity index (χ1v) is 9.33. The highest BCUT2D eigenvalue weighted by molar-refractivity contribution is 7.13. The van der Waals surface area contributed by atoms with E-state index in [0.717, 1.165) is 11.1 Å². The number of amides is 2. The molecule has 2 amide bonds. The molecule has 144 valence electrons. The van der Waals surface area contributed by atoms with E-state index < -0.39 is 5.97 Å². The van der Waals surface area contributed by atoms with Crippen LogP contribution in [0, 0.1) is 5.41 Å². The van der Waals surface area contributed by atoms with Gasteiger partial charge in [-0.1, -0.05) is 39.0 Å². The standard InChI is InChI=1S/C19H23N3O4S/c1-19(2,3)8-15(23)21-10-16(24)20-9-12-5-4-6-13(7-12)17-22-14(11-27-17)18(25)26/h4-7,11H,8-10H2,1-3H3,(H,20,24)(H,21,23)(H,25,26). The summed E-state index contributed by atoms with van der Waals surface area (Å²) in [6.07, 6.45) is 0.356. The predicted molar refractivity (Wildman–Crippen MR) is 103 cm³/mol. The maximum atomic E-state index is 11.9. The third-order valence-electron chi connectivity index (χ3n) is 3.52. The normalized spacial score (nSPS) is 11.1. The molecule has 27 heavy (non-hydrogen) atoms. The van der Waals surface area contributed by atoms with Crippen LogP contribution in [0.1, 0.15) is 43.2 Å². The number of carboxylic acids is 1. The molecular weight excluding hydrogens is 366 g/mol. The smallest absolute Gasteiger partial charge is 0.355 e. The van der Waals surface area contributed by atoms with Crippen LogP contribution in [0.4, 0.5) is 0 Å². The van der Waals surface area contributed by atoms with Crippen molar-refractivity contribution in [2.75, 3.05) is 6.54 Å². The summed E-state index contributed by atoms with van der Waals surface area (Å²) in [6, 6.07) is 7.36. The second kappa shape index (κ2) is 8.77. The molecule has 1 aromatic carbocycles. The predicted octanol–water partition coefficient (Wildman–Crippen LogP) is 2.68. The number of aromatic carboxylic acids is 1. The van der Waals surface area contributed by atoms with Gasteiger partial charge in [0.15, 0.2) is 5.69 Å². The van der Waals surface area contributed by atoms with Crippen LogP contribution in [0.15, 0.2) is 29.6 Å². The molecule has 7 nitrogen and oxygen atoms in total. The number of aromatic nitrogens is 1. The number of thiazole rings is 1. The van der Waals surface area contributed by atoms with Gasteiger partial charge in [0.1, 0.15) is 5.01 Å². The van der Waals surface area contributed by atoms with Gasteiger partial charge in [-0.25, -0.2) is 9.78 Å². The SMILES string of the molecule is CC(C)(C)CC(=O)NCC(=O)NCc1cccc(-c2nc(C(=O)O)cs2)c1. The summed E-state index contributed by atoms with van der Waals surface area (Å²) in [6.45, 7) is 6.12. The topological polar surface area (TPSA) is 108 Å². The molecule has 0 unspecified atom stereocenters. The minimum atomic E-state index is -1.06. The molecule has 1 heterocycles. The number of nitrogens with one attached hydrogen (secondary N) is 2. The summed E-state index contributed by atoms with van der Waals surface area (Å²) in [5.74, 6) is -1.49. The first kappa shape index (κ1) is 20.6. The largest absolute Gasteiger partial charge is 0.476 e. The van der Waals surface area contributed by atoms with E-state index >= 15 is 0 Å². The summed E-state index contributed by atoms with van der Waals surface area (Å²) in [5, 5.41) is 16.4. The zero-order valence-electron chi connectivity index (χ0n) is 15.5. The third kappa shape index (κ3) is 6.82. The van der Waals surface area contributed by atoms with Crippen LogP contribution < -0.4 is 10.6 Å². The summed E-state index contributed by atoms with van der Waals surface area (Å²) in [7, 11) is 0. The van der Waals surface area contributed by atoms with E-state index in [4.69, 9.17) is 5.11 Å². The maximum Gasteiger partial charge on any atom is 0.355 e. The minimum Gasteiger partial charge on any atom is -0.476 e. The molecule has 0 saturated carbocycles. The molecule has 0 aliphatic rings. The summed E-state index contributed by atoms with van der Waals surface area (Å²) < 4.78 is 0. The van der Waals surface area contributed by atoms with E-state index in [-0.39, 0.29) is 29.5 Å². The van der Waals surface area contributed by atoms with E-state index in [2.05, 4.69) is 15.6 Å². The molecule has 2 aromatic rings. The average molecular weight is 389 g/mol. The second-order valence-electron chi connectivity index (χ2n) is 7.33. The molecule has 0 aliphatic carbocycles. The Morgan fingerprint density at radius 3 is 2.52 bits per heavy atom. The Labute approximate surface area is 161 Å². The van der Waals surface area contributed by atoms with Crippen LogP contribution in [0.25, 0.3) is 10.6 Å². The van der Waals surface area contributed by atoms with Crippen molar-refractivity contribution in [2.24, 2.45) is 5.41 Å². The number of benzene rings is 1. The van der Waals surface area contributed by atoms with Gasteiger partial charge in [-0.2, -0.15) is 0 Å². The van der Waals surface area contributed by atoms with Gasteiger partial charge in [0, 0.05) is 23.9 Å². The van der Waals surface area contributed by atoms with Gasteiger partial charge >= 0.3 is 5.97 Å². The van der Waals surface area contributed by atoms with Crippen LogP contribution in [0.2, 0.25) is 0 Å². The Balaban J connectivity index is 1.88. The van der Waals surface area contributed by atoms with E-state index in [1.54, 1.807) is 0 Å². The second-order valence-corrected chi connectivity index (χ2v) is 8.19. The summed E-state index contributed by atoms with van der Waals surface area (Å²) >= 11 is 1.25. The fraction of sp³-hybridized carbons (Fsp3) is 0.368. The summed E-state index contributed by atoms with van der Waals surface area (Å²) in [4.78, 5) is 38.7. The number of carbonyl (C=O) groups is 3. The Hall–Kier alpha value is -2.74. The third-order valence-corrected chi connectivity index (χ3v) is 4.42. The number of carboxylic acid groups (broad SMARTS) is 1. The maximum absolute atomic E-state index is 11.9. The zero-order valence-corrected chi connectivity index (χ0v) is 16.4. The molecule has 0 aliphatic heterocycles. The number of carbonyl (C=O) groups excluding carboxylic acids is 2. The highest BCUT2D eigenvalue weighted by Gasteiger charge is 2.16. The highest BCUT2D eigenvalue weighted by atomic mass is 32.1. The van der Waals surface area contributed by atoms with Gasteiger partial charge in [-0.3, -0.25) is 9.59 Å². The average Bonchev–Trinajstić information content (AvgIpc) is 3.07. The Morgan fingerprint density at radius 2 is 1.89 bits per heavy atom. The fourth-order valence-electron chi connectivity index (χ4n) is 2.31.